The minimum Gasteiger partial charge on any atom is -0.398 e. The summed E-state index contributed by atoms with van der Waals surface area (Å²) in [6.07, 6.45) is -1.33. The van der Waals surface area contributed by atoms with E-state index >= 15 is 0 Å². The van der Waals surface area contributed by atoms with Crippen LogP contribution in [0.25, 0.3) is 5.70 Å². The number of pyridine rings is 1. The Balaban J connectivity index is 1.87. The van der Waals surface area contributed by atoms with Gasteiger partial charge in [-0.3, -0.25) is 0 Å². The summed E-state index contributed by atoms with van der Waals surface area (Å²) in [5, 5.41) is 0.564. The van der Waals surface area contributed by atoms with Crippen LogP contribution < -0.4 is 10.6 Å². The van der Waals surface area contributed by atoms with Gasteiger partial charge in [-0.15, -0.1) is 0 Å². The SMILES string of the molecule is C=C(/N=C(\C=C(/N)c1cccc(Cl)c1)N1CCN(c2ncccc2C(F)(F)F)CC1)N(CC)CC. The third-order valence-electron chi connectivity index (χ3n) is 5.81. The fourth-order valence-electron chi connectivity index (χ4n) is 3.89. The van der Waals surface area contributed by atoms with Crippen molar-refractivity contribution in [3.05, 3.63) is 77.2 Å². The molecule has 0 aliphatic carbocycles. The first kappa shape index (κ1) is 26.4. The maximum absolute atomic E-state index is 13.5. The zero-order valence-electron chi connectivity index (χ0n) is 19.9. The van der Waals surface area contributed by atoms with Crippen LogP contribution in [0.2, 0.25) is 5.02 Å². The van der Waals surface area contributed by atoms with Crippen molar-refractivity contribution in [3.63, 3.8) is 0 Å². The number of hydrogen-bond acceptors (Lipinski definition) is 5. The lowest BCUT2D eigenvalue weighted by atomic mass is 10.1. The number of nitrogens with two attached hydrogens (primary N) is 1. The molecule has 3 rings (SSSR count). The Bertz CT molecular complexity index is 1090. The predicted octanol–water partition coefficient (Wildman–Crippen LogP) is 5.09. The van der Waals surface area contributed by atoms with E-state index in [9.17, 15) is 13.2 Å². The van der Waals surface area contributed by atoms with Gasteiger partial charge in [-0.05, 0) is 43.7 Å². The highest BCUT2D eigenvalue weighted by molar-refractivity contribution is 6.30. The highest BCUT2D eigenvalue weighted by Crippen LogP contribution is 2.35. The molecule has 188 valence electrons. The maximum Gasteiger partial charge on any atom is 0.419 e. The largest absolute Gasteiger partial charge is 0.419 e. The number of benzene rings is 1. The van der Waals surface area contributed by atoms with Crippen LogP contribution in [0.4, 0.5) is 19.0 Å². The van der Waals surface area contributed by atoms with Crippen LogP contribution in [0, 0.1) is 0 Å². The van der Waals surface area contributed by atoms with Crippen LogP contribution in [0.5, 0.6) is 0 Å². The van der Waals surface area contributed by atoms with Gasteiger partial charge in [0, 0.05) is 62.3 Å². The molecule has 0 amide bonds. The van der Waals surface area contributed by atoms with Crippen molar-refractivity contribution in [1.82, 2.24) is 14.8 Å². The molecule has 35 heavy (non-hydrogen) atoms. The molecule has 2 aromatic rings. The molecule has 0 atom stereocenters. The van der Waals surface area contributed by atoms with Gasteiger partial charge < -0.3 is 20.4 Å². The first-order valence-electron chi connectivity index (χ1n) is 11.4. The molecule has 0 saturated carbocycles. The fourth-order valence-corrected chi connectivity index (χ4v) is 4.08. The van der Waals surface area contributed by atoms with Gasteiger partial charge in [0.2, 0.25) is 0 Å². The lowest BCUT2D eigenvalue weighted by molar-refractivity contribution is -0.137. The second-order valence-corrected chi connectivity index (χ2v) is 8.45. The number of hydrogen-bond donors (Lipinski definition) is 1. The highest BCUT2D eigenvalue weighted by Gasteiger charge is 2.36. The molecule has 2 heterocycles. The summed E-state index contributed by atoms with van der Waals surface area (Å²) in [6.45, 7) is 11.2. The number of nitrogens with zero attached hydrogens (tertiary/aromatic N) is 5. The number of halogens is 4. The molecule has 1 saturated heterocycles. The van der Waals surface area contributed by atoms with Crippen LogP contribution >= 0.6 is 11.6 Å². The average Bonchev–Trinajstić information content (AvgIpc) is 2.84. The molecule has 6 nitrogen and oxygen atoms in total. The van der Waals surface area contributed by atoms with Crippen molar-refractivity contribution < 1.29 is 13.2 Å². The van der Waals surface area contributed by atoms with Crippen molar-refractivity contribution in [2.24, 2.45) is 10.7 Å². The predicted molar refractivity (Wildman–Crippen MR) is 136 cm³/mol. The highest BCUT2D eigenvalue weighted by atomic mass is 35.5. The van der Waals surface area contributed by atoms with Crippen LogP contribution in [0.15, 0.2) is 66.1 Å². The van der Waals surface area contributed by atoms with E-state index in [-0.39, 0.29) is 5.82 Å². The standard InChI is InChI=1S/C25H30ClF3N6/c1-4-33(5-2)18(3)32-23(17-22(30)19-8-6-9-20(26)16-19)34-12-14-35(15-13-34)24-21(25(27,28)29)10-7-11-31-24/h6-11,16-17H,3-5,12-15,30H2,1-2H3/b22-17-,32-23+. The monoisotopic (exact) mass is 506 g/mol. The van der Waals surface area contributed by atoms with E-state index in [0.717, 1.165) is 24.7 Å². The number of amidine groups is 1. The van der Waals surface area contributed by atoms with Gasteiger partial charge >= 0.3 is 6.18 Å². The summed E-state index contributed by atoms with van der Waals surface area (Å²) < 4.78 is 40.5. The molecule has 1 aromatic carbocycles. The molecule has 10 heteroatoms. The van der Waals surface area contributed by atoms with Crippen LogP contribution in [0.1, 0.15) is 25.0 Å². The molecule has 1 aliphatic rings. The Labute approximate surface area is 209 Å². The van der Waals surface area contributed by atoms with Crippen molar-refractivity contribution in [2.45, 2.75) is 20.0 Å². The van der Waals surface area contributed by atoms with Crippen molar-refractivity contribution >= 4 is 29.0 Å². The minimum atomic E-state index is -4.47. The second-order valence-electron chi connectivity index (χ2n) is 8.01. The first-order chi connectivity index (χ1) is 16.6. The Kier molecular flexibility index (Phi) is 8.67. The van der Waals surface area contributed by atoms with Crippen LogP contribution in [0.3, 0.4) is 0 Å². The molecule has 1 aromatic heterocycles. The van der Waals surface area contributed by atoms with E-state index < -0.39 is 11.7 Å². The van der Waals surface area contributed by atoms with Gasteiger partial charge in [-0.25, -0.2) is 9.98 Å². The molecule has 0 radical (unpaired) electrons. The van der Waals surface area contributed by atoms with Gasteiger partial charge in [-0.1, -0.05) is 30.3 Å². The number of aliphatic imine (C=N–C) groups is 1. The lowest BCUT2D eigenvalue weighted by Gasteiger charge is -2.37. The van der Waals surface area contributed by atoms with E-state index in [2.05, 4.69) is 11.6 Å². The summed E-state index contributed by atoms with van der Waals surface area (Å²) in [5.41, 5.74) is 6.87. The van der Waals surface area contributed by atoms with Crippen LogP contribution in [-0.4, -0.2) is 59.9 Å². The molecule has 1 fully saturated rings. The number of aromatic nitrogens is 1. The maximum atomic E-state index is 13.5. The summed E-state index contributed by atoms with van der Waals surface area (Å²) in [4.78, 5) is 14.4. The van der Waals surface area contributed by atoms with Gasteiger partial charge in [0.15, 0.2) is 0 Å². The topological polar surface area (TPSA) is 61.0 Å². The summed E-state index contributed by atoms with van der Waals surface area (Å²) >= 11 is 6.12. The average molecular weight is 507 g/mol. The van der Waals surface area contributed by atoms with Crippen molar-refractivity contribution in [3.8, 4) is 0 Å². The number of piperazine rings is 1. The fraction of sp³-hybridized carbons (Fsp3) is 0.360. The Morgan fingerprint density at radius 3 is 2.46 bits per heavy atom. The van der Waals surface area contributed by atoms with E-state index in [4.69, 9.17) is 22.3 Å². The van der Waals surface area contributed by atoms with Gasteiger partial charge in [0.05, 0.1) is 5.56 Å². The smallest absolute Gasteiger partial charge is 0.398 e. The lowest BCUT2D eigenvalue weighted by Crippen LogP contribution is -2.49. The third kappa shape index (κ3) is 6.69. The normalized spacial score (nSPS) is 15.4. The molecule has 0 bridgehead atoms. The number of anilines is 1. The van der Waals surface area contributed by atoms with Gasteiger partial charge in [0.1, 0.15) is 17.5 Å². The van der Waals surface area contributed by atoms with E-state index in [1.165, 1.54) is 12.3 Å². The summed E-state index contributed by atoms with van der Waals surface area (Å²) in [6, 6.07) is 9.56. The zero-order valence-corrected chi connectivity index (χ0v) is 20.6. The first-order valence-corrected chi connectivity index (χ1v) is 11.8. The van der Waals surface area contributed by atoms with E-state index in [0.29, 0.717) is 48.6 Å². The van der Waals surface area contributed by atoms with Crippen molar-refractivity contribution in [1.29, 1.82) is 0 Å². The van der Waals surface area contributed by atoms with Crippen molar-refractivity contribution in [2.75, 3.05) is 44.2 Å². The molecule has 0 unspecified atom stereocenters. The van der Waals surface area contributed by atoms with Gasteiger partial charge in [0.25, 0.3) is 0 Å². The Hall–Kier alpha value is -3.20. The molecule has 0 spiro atoms. The molecule has 1 aliphatic heterocycles. The second kappa shape index (κ2) is 11.5. The van der Waals surface area contributed by atoms with E-state index in [1.54, 1.807) is 23.1 Å². The molecular weight excluding hydrogens is 477 g/mol. The third-order valence-corrected chi connectivity index (χ3v) is 6.05. The Morgan fingerprint density at radius 1 is 1.17 bits per heavy atom. The molecule has 2 N–H and O–H groups in total. The number of alkyl halides is 3. The summed E-state index contributed by atoms with van der Waals surface area (Å²) in [5.74, 6) is 1.13. The molecular formula is C25H30ClF3N6. The van der Waals surface area contributed by atoms with Gasteiger partial charge in [-0.2, -0.15) is 13.2 Å². The quantitative estimate of drug-likeness (QED) is 0.419. The van der Waals surface area contributed by atoms with E-state index in [1.807, 2.05) is 35.8 Å². The summed E-state index contributed by atoms with van der Waals surface area (Å²) in [7, 11) is 0. The zero-order chi connectivity index (χ0) is 25.6. The minimum absolute atomic E-state index is 0.0559. The van der Waals surface area contributed by atoms with Crippen LogP contribution in [-0.2, 0) is 6.18 Å². The Morgan fingerprint density at radius 2 is 1.86 bits per heavy atom. The number of rotatable bonds is 7.